The molecule has 0 spiro atoms. The second kappa shape index (κ2) is 6.97. The highest BCUT2D eigenvalue weighted by Gasteiger charge is 2.21. The molecule has 112 valence electrons. The molecule has 0 saturated heterocycles. The van der Waals surface area contributed by atoms with Gasteiger partial charge in [-0.05, 0) is 61.2 Å². The van der Waals surface area contributed by atoms with Crippen LogP contribution in [0.2, 0.25) is 5.02 Å². The van der Waals surface area contributed by atoms with Crippen LogP contribution in [-0.4, -0.2) is 6.04 Å². The standard InChI is InChI=1S/C18H22ClNO/c1-4-17(20)18(14-6-5-7-15(19)11-14)21-16-9-12(2)8-13(3)10-16/h5-11,17-18H,4,20H2,1-3H3. The third-order valence-corrected chi connectivity index (χ3v) is 3.73. The van der Waals surface area contributed by atoms with E-state index >= 15 is 0 Å². The van der Waals surface area contributed by atoms with Crippen molar-refractivity contribution in [2.24, 2.45) is 5.73 Å². The van der Waals surface area contributed by atoms with E-state index in [9.17, 15) is 0 Å². The lowest BCUT2D eigenvalue weighted by Gasteiger charge is -2.25. The van der Waals surface area contributed by atoms with Gasteiger partial charge in [0.2, 0.25) is 0 Å². The van der Waals surface area contributed by atoms with E-state index < -0.39 is 0 Å². The number of hydrogen-bond donors (Lipinski definition) is 1. The molecule has 0 aliphatic rings. The smallest absolute Gasteiger partial charge is 0.139 e. The topological polar surface area (TPSA) is 35.2 Å². The fourth-order valence-electron chi connectivity index (χ4n) is 2.45. The second-order valence-corrected chi connectivity index (χ2v) is 5.93. The van der Waals surface area contributed by atoms with Gasteiger partial charge in [0.05, 0.1) is 0 Å². The van der Waals surface area contributed by atoms with Gasteiger partial charge in [-0.1, -0.05) is 36.7 Å². The van der Waals surface area contributed by atoms with Crippen LogP contribution in [-0.2, 0) is 0 Å². The number of aryl methyl sites for hydroxylation is 2. The molecule has 3 heteroatoms. The van der Waals surface area contributed by atoms with Crippen molar-refractivity contribution in [1.82, 2.24) is 0 Å². The van der Waals surface area contributed by atoms with E-state index in [-0.39, 0.29) is 12.1 Å². The van der Waals surface area contributed by atoms with Crippen molar-refractivity contribution >= 4 is 11.6 Å². The molecular formula is C18H22ClNO. The minimum absolute atomic E-state index is 0.0794. The van der Waals surface area contributed by atoms with Crippen molar-refractivity contribution in [2.45, 2.75) is 39.3 Å². The van der Waals surface area contributed by atoms with Crippen molar-refractivity contribution in [2.75, 3.05) is 0 Å². The number of halogens is 1. The summed E-state index contributed by atoms with van der Waals surface area (Å²) in [5.74, 6) is 0.848. The van der Waals surface area contributed by atoms with Crippen LogP contribution in [0.3, 0.4) is 0 Å². The van der Waals surface area contributed by atoms with Crippen molar-refractivity contribution in [3.63, 3.8) is 0 Å². The Balaban J connectivity index is 2.32. The summed E-state index contributed by atoms with van der Waals surface area (Å²) in [7, 11) is 0. The Bertz CT molecular complexity index is 592. The van der Waals surface area contributed by atoms with Crippen LogP contribution in [0.4, 0.5) is 0 Å². The molecule has 0 aliphatic heterocycles. The predicted molar refractivity (Wildman–Crippen MR) is 89.0 cm³/mol. The molecule has 0 heterocycles. The van der Waals surface area contributed by atoms with Gasteiger partial charge >= 0.3 is 0 Å². The van der Waals surface area contributed by atoms with Gasteiger partial charge in [-0.2, -0.15) is 0 Å². The van der Waals surface area contributed by atoms with E-state index in [1.165, 1.54) is 11.1 Å². The fourth-order valence-corrected chi connectivity index (χ4v) is 2.65. The average molecular weight is 304 g/mol. The lowest BCUT2D eigenvalue weighted by atomic mass is 10.0. The zero-order chi connectivity index (χ0) is 15.4. The quantitative estimate of drug-likeness (QED) is 0.860. The van der Waals surface area contributed by atoms with Gasteiger partial charge < -0.3 is 10.5 Å². The number of ether oxygens (including phenoxy) is 1. The zero-order valence-corrected chi connectivity index (χ0v) is 13.5. The maximum absolute atomic E-state index is 6.26. The molecule has 0 radical (unpaired) electrons. The number of rotatable bonds is 5. The molecule has 0 saturated carbocycles. The van der Waals surface area contributed by atoms with Crippen LogP contribution in [0.1, 0.15) is 36.1 Å². The summed E-state index contributed by atoms with van der Waals surface area (Å²) in [6, 6.07) is 13.8. The van der Waals surface area contributed by atoms with Crippen molar-refractivity contribution in [3.8, 4) is 5.75 Å². The van der Waals surface area contributed by atoms with E-state index in [0.29, 0.717) is 5.02 Å². The Labute approximate surface area is 131 Å². The highest BCUT2D eigenvalue weighted by molar-refractivity contribution is 6.30. The Morgan fingerprint density at radius 3 is 2.33 bits per heavy atom. The largest absolute Gasteiger partial charge is 0.484 e. The van der Waals surface area contributed by atoms with E-state index in [1.807, 2.05) is 36.4 Å². The van der Waals surface area contributed by atoms with Gasteiger partial charge in [-0.3, -0.25) is 0 Å². The minimum atomic E-state index is -0.199. The summed E-state index contributed by atoms with van der Waals surface area (Å²) in [5, 5.41) is 0.699. The van der Waals surface area contributed by atoms with Gasteiger partial charge in [0.1, 0.15) is 11.9 Å². The molecular weight excluding hydrogens is 282 g/mol. The highest BCUT2D eigenvalue weighted by Crippen LogP contribution is 2.28. The lowest BCUT2D eigenvalue weighted by Crippen LogP contribution is -2.31. The molecule has 0 amide bonds. The highest BCUT2D eigenvalue weighted by atomic mass is 35.5. The van der Waals surface area contributed by atoms with Crippen molar-refractivity contribution in [3.05, 3.63) is 64.2 Å². The van der Waals surface area contributed by atoms with E-state index in [0.717, 1.165) is 17.7 Å². The number of benzene rings is 2. The van der Waals surface area contributed by atoms with Crippen LogP contribution >= 0.6 is 11.6 Å². The minimum Gasteiger partial charge on any atom is -0.484 e. The molecule has 0 fully saturated rings. The van der Waals surface area contributed by atoms with Crippen molar-refractivity contribution in [1.29, 1.82) is 0 Å². The van der Waals surface area contributed by atoms with Gasteiger partial charge in [0.15, 0.2) is 0 Å². The summed E-state index contributed by atoms with van der Waals surface area (Å²) >= 11 is 6.09. The molecule has 2 rings (SSSR count). The third kappa shape index (κ3) is 4.23. The summed E-state index contributed by atoms with van der Waals surface area (Å²) in [6.45, 7) is 6.19. The lowest BCUT2D eigenvalue weighted by molar-refractivity contribution is 0.171. The molecule has 2 aromatic carbocycles. The van der Waals surface area contributed by atoms with E-state index in [4.69, 9.17) is 22.1 Å². The molecule has 0 aliphatic carbocycles. The first-order chi connectivity index (χ1) is 9.99. The number of nitrogens with two attached hydrogens (primary N) is 1. The Morgan fingerprint density at radius 2 is 1.76 bits per heavy atom. The van der Waals surface area contributed by atoms with Gasteiger partial charge in [-0.25, -0.2) is 0 Å². The SMILES string of the molecule is CCC(N)C(Oc1cc(C)cc(C)c1)c1cccc(Cl)c1. The monoisotopic (exact) mass is 303 g/mol. The zero-order valence-electron chi connectivity index (χ0n) is 12.8. The first-order valence-electron chi connectivity index (χ1n) is 7.25. The van der Waals surface area contributed by atoms with Gasteiger partial charge in [0.25, 0.3) is 0 Å². The van der Waals surface area contributed by atoms with Crippen LogP contribution in [0.15, 0.2) is 42.5 Å². The van der Waals surface area contributed by atoms with E-state index in [2.05, 4.69) is 26.8 Å². The molecule has 21 heavy (non-hydrogen) atoms. The number of hydrogen-bond acceptors (Lipinski definition) is 2. The third-order valence-electron chi connectivity index (χ3n) is 3.50. The van der Waals surface area contributed by atoms with Crippen LogP contribution in [0.25, 0.3) is 0 Å². The summed E-state index contributed by atoms with van der Waals surface area (Å²) in [6.07, 6.45) is 0.636. The average Bonchev–Trinajstić information content (AvgIpc) is 2.43. The molecule has 0 bridgehead atoms. The molecule has 0 aromatic heterocycles. The van der Waals surface area contributed by atoms with Crippen LogP contribution in [0, 0.1) is 13.8 Å². The Morgan fingerprint density at radius 1 is 1.10 bits per heavy atom. The second-order valence-electron chi connectivity index (χ2n) is 5.49. The first-order valence-corrected chi connectivity index (χ1v) is 7.63. The summed E-state index contributed by atoms with van der Waals surface area (Å²) in [5.41, 5.74) is 9.63. The Kier molecular flexibility index (Phi) is 5.27. The summed E-state index contributed by atoms with van der Waals surface area (Å²) in [4.78, 5) is 0. The van der Waals surface area contributed by atoms with Crippen LogP contribution in [0.5, 0.6) is 5.75 Å². The van der Waals surface area contributed by atoms with Crippen molar-refractivity contribution < 1.29 is 4.74 Å². The Hall–Kier alpha value is -1.51. The first kappa shape index (κ1) is 15.9. The molecule has 2 atom stereocenters. The normalized spacial score (nSPS) is 13.8. The van der Waals surface area contributed by atoms with Gasteiger partial charge in [-0.15, -0.1) is 0 Å². The van der Waals surface area contributed by atoms with Gasteiger partial charge in [0, 0.05) is 11.1 Å². The van der Waals surface area contributed by atoms with Crippen LogP contribution < -0.4 is 10.5 Å². The predicted octanol–water partition coefficient (Wildman–Crippen LogP) is 4.81. The molecule has 2 N–H and O–H groups in total. The molecule has 2 nitrogen and oxygen atoms in total. The molecule has 2 aromatic rings. The molecule has 2 unspecified atom stereocenters. The summed E-state index contributed by atoms with van der Waals surface area (Å²) < 4.78 is 6.19. The fraction of sp³-hybridized carbons (Fsp3) is 0.333. The maximum Gasteiger partial charge on any atom is 0.139 e. The van der Waals surface area contributed by atoms with E-state index in [1.54, 1.807) is 0 Å². The maximum atomic E-state index is 6.26.